The minimum absolute atomic E-state index is 0.0649. The third kappa shape index (κ3) is 4.46. The van der Waals surface area contributed by atoms with E-state index in [9.17, 15) is 21.9 Å². The monoisotopic (exact) mass is 409 g/mol. The average Bonchev–Trinajstić information content (AvgIpc) is 2.97. The number of nitrogens with zero attached hydrogens (tertiary/aromatic N) is 1. The van der Waals surface area contributed by atoms with Gasteiger partial charge in [0.1, 0.15) is 16.4 Å². The largest absolute Gasteiger partial charge is 0.497 e. The van der Waals surface area contributed by atoms with Gasteiger partial charge in [-0.2, -0.15) is 4.31 Å². The Morgan fingerprint density at radius 3 is 2.50 bits per heavy atom. The lowest BCUT2D eigenvalue weighted by Gasteiger charge is -2.29. The van der Waals surface area contributed by atoms with Crippen LogP contribution in [0.1, 0.15) is 6.42 Å². The van der Waals surface area contributed by atoms with Crippen molar-refractivity contribution in [3.63, 3.8) is 0 Å². The van der Waals surface area contributed by atoms with E-state index in [2.05, 4.69) is 0 Å². The van der Waals surface area contributed by atoms with Crippen molar-refractivity contribution in [3.8, 4) is 11.5 Å². The molecule has 11 heteroatoms. The van der Waals surface area contributed by atoms with Gasteiger partial charge in [-0.15, -0.1) is 0 Å². The predicted molar refractivity (Wildman–Crippen MR) is 93.6 cm³/mol. The molecule has 1 heterocycles. The van der Waals surface area contributed by atoms with Gasteiger partial charge in [0.05, 0.1) is 38.4 Å². The van der Waals surface area contributed by atoms with Gasteiger partial charge in [-0.3, -0.25) is 0 Å². The first-order valence-corrected chi connectivity index (χ1v) is 11.1. The van der Waals surface area contributed by atoms with E-state index in [1.165, 1.54) is 32.4 Å². The molecule has 1 fully saturated rings. The number of rotatable bonds is 8. The summed E-state index contributed by atoms with van der Waals surface area (Å²) in [5, 5.41) is 18.9. The van der Waals surface area contributed by atoms with Crippen molar-refractivity contribution in [2.45, 2.75) is 23.5 Å². The lowest BCUT2D eigenvalue weighted by atomic mass is 10.2. The quantitative estimate of drug-likeness (QED) is 0.573. The fourth-order valence-corrected chi connectivity index (χ4v) is 6.51. The Kier molecular flexibility index (Phi) is 6.51. The van der Waals surface area contributed by atoms with Crippen molar-refractivity contribution < 1.29 is 36.5 Å². The van der Waals surface area contributed by atoms with Crippen LogP contribution in [-0.4, -0.2) is 82.4 Å². The number of hydrogen-bond donors (Lipinski definition) is 2. The van der Waals surface area contributed by atoms with Gasteiger partial charge in [0.2, 0.25) is 10.0 Å². The number of sulfonamides is 1. The zero-order chi connectivity index (χ0) is 19.5. The summed E-state index contributed by atoms with van der Waals surface area (Å²) in [7, 11) is -4.89. The number of hydrogen-bond acceptors (Lipinski definition) is 8. The second kappa shape index (κ2) is 8.09. The van der Waals surface area contributed by atoms with Gasteiger partial charge in [0.25, 0.3) is 0 Å². The highest BCUT2D eigenvalue weighted by molar-refractivity contribution is 7.92. The molecule has 0 aromatic heterocycles. The minimum Gasteiger partial charge on any atom is -0.497 e. The third-order valence-corrected chi connectivity index (χ3v) is 7.86. The molecule has 0 bridgehead atoms. The Morgan fingerprint density at radius 1 is 1.31 bits per heavy atom. The molecule has 1 aromatic carbocycles. The van der Waals surface area contributed by atoms with E-state index in [1.54, 1.807) is 0 Å². The molecule has 0 unspecified atom stereocenters. The normalized spacial score (nSPS) is 20.9. The van der Waals surface area contributed by atoms with Crippen LogP contribution in [0.4, 0.5) is 0 Å². The molecule has 0 saturated carbocycles. The van der Waals surface area contributed by atoms with Crippen LogP contribution in [0.5, 0.6) is 11.5 Å². The molecule has 0 aliphatic carbocycles. The van der Waals surface area contributed by atoms with Gasteiger partial charge in [-0.1, -0.05) is 0 Å². The second-order valence-electron chi connectivity index (χ2n) is 5.98. The summed E-state index contributed by atoms with van der Waals surface area (Å²) in [5.74, 6) is -0.119. The van der Waals surface area contributed by atoms with Crippen LogP contribution in [0.25, 0.3) is 0 Å². The minimum atomic E-state index is -4.22. The summed E-state index contributed by atoms with van der Waals surface area (Å²) in [6, 6.07) is 3.40. The number of sulfone groups is 1. The molecule has 1 aromatic rings. The summed E-state index contributed by atoms with van der Waals surface area (Å²) < 4.78 is 61.2. The van der Waals surface area contributed by atoms with Crippen LogP contribution in [0.3, 0.4) is 0 Å². The fourth-order valence-electron chi connectivity index (χ4n) is 2.82. The first-order chi connectivity index (χ1) is 12.1. The van der Waals surface area contributed by atoms with Crippen LogP contribution in [-0.2, 0) is 19.9 Å². The van der Waals surface area contributed by atoms with Crippen LogP contribution in [0, 0.1) is 0 Å². The van der Waals surface area contributed by atoms with Crippen molar-refractivity contribution in [1.82, 2.24) is 4.31 Å². The number of aliphatic hydroxyl groups excluding tert-OH is 2. The summed E-state index contributed by atoms with van der Waals surface area (Å²) in [5.41, 5.74) is 0. The molecule has 1 saturated heterocycles. The van der Waals surface area contributed by atoms with E-state index in [0.29, 0.717) is 0 Å². The Balaban J connectivity index is 2.52. The first-order valence-electron chi connectivity index (χ1n) is 7.88. The highest BCUT2D eigenvalue weighted by Crippen LogP contribution is 2.33. The molecule has 0 amide bonds. The van der Waals surface area contributed by atoms with Crippen molar-refractivity contribution in [3.05, 3.63) is 18.2 Å². The van der Waals surface area contributed by atoms with E-state index in [0.717, 1.165) is 4.31 Å². The molecule has 1 aliphatic rings. The van der Waals surface area contributed by atoms with E-state index in [-0.39, 0.29) is 34.3 Å². The van der Waals surface area contributed by atoms with Gasteiger partial charge >= 0.3 is 0 Å². The lowest BCUT2D eigenvalue weighted by Crippen LogP contribution is -2.46. The van der Waals surface area contributed by atoms with Crippen LogP contribution < -0.4 is 9.47 Å². The van der Waals surface area contributed by atoms with Crippen LogP contribution >= 0.6 is 0 Å². The number of methoxy groups -OCH3 is 2. The lowest BCUT2D eigenvalue weighted by molar-refractivity contribution is 0.0729. The third-order valence-electron chi connectivity index (χ3n) is 4.17. The first kappa shape index (κ1) is 20.9. The molecule has 0 spiro atoms. The molecule has 0 radical (unpaired) electrons. The van der Waals surface area contributed by atoms with Gasteiger partial charge in [0, 0.05) is 18.7 Å². The van der Waals surface area contributed by atoms with Gasteiger partial charge in [-0.05, 0) is 18.6 Å². The van der Waals surface area contributed by atoms with Crippen LogP contribution in [0.2, 0.25) is 0 Å². The molecule has 2 atom stereocenters. The second-order valence-corrected chi connectivity index (χ2v) is 10.1. The number of ether oxygens (including phenoxy) is 2. The Hall–Kier alpha value is -1.40. The molecular formula is C15H23NO8S2. The maximum atomic E-state index is 13.2. The van der Waals surface area contributed by atoms with Crippen molar-refractivity contribution in [2.75, 3.05) is 38.9 Å². The zero-order valence-electron chi connectivity index (χ0n) is 14.5. The highest BCUT2D eigenvalue weighted by Gasteiger charge is 2.40. The molecule has 9 nitrogen and oxygen atoms in total. The molecule has 2 N–H and O–H groups in total. The maximum absolute atomic E-state index is 13.2. The van der Waals surface area contributed by atoms with E-state index >= 15 is 0 Å². The van der Waals surface area contributed by atoms with Crippen molar-refractivity contribution >= 4 is 19.9 Å². The Morgan fingerprint density at radius 2 is 2.00 bits per heavy atom. The van der Waals surface area contributed by atoms with Crippen molar-refractivity contribution in [1.29, 1.82) is 0 Å². The average molecular weight is 409 g/mol. The van der Waals surface area contributed by atoms with Crippen LogP contribution in [0.15, 0.2) is 23.1 Å². The fraction of sp³-hybridized carbons (Fsp3) is 0.600. The molecule has 2 rings (SSSR count). The summed E-state index contributed by atoms with van der Waals surface area (Å²) in [6.45, 7) is -1.08. The van der Waals surface area contributed by atoms with E-state index in [4.69, 9.17) is 14.6 Å². The topological polar surface area (TPSA) is 130 Å². The Bertz CT molecular complexity index is 837. The van der Waals surface area contributed by atoms with Crippen molar-refractivity contribution in [2.24, 2.45) is 0 Å². The molecule has 148 valence electrons. The molecular weight excluding hydrogens is 386 g/mol. The van der Waals surface area contributed by atoms with Gasteiger partial charge < -0.3 is 19.7 Å². The summed E-state index contributed by atoms with van der Waals surface area (Å²) >= 11 is 0. The number of aliphatic hydroxyl groups is 2. The number of benzene rings is 1. The predicted octanol–water partition coefficient (Wildman–Crippen LogP) is -0.765. The summed E-state index contributed by atoms with van der Waals surface area (Å²) in [6.07, 6.45) is -1.23. The smallest absolute Gasteiger partial charge is 0.247 e. The zero-order valence-corrected chi connectivity index (χ0v) is 16.2. The standard InChI is InChI=1S/C15H23NO8S2/c1-23-13-3-4-14(24-2)15(7-13)26(21,22)16(8-12(18)9-17)11-5-6-25(19,20)10-11/h3-4,7,11-12,17-18H,5-6,8-10H2,1-2H3/t11-,12-/m0/s1. The molecule has 26 heavy (non-hydrogen) atoms. The Labute approximate surface area is 153 Å². The maximum Gasteiger partial charge on any atom is 0.247 e. The van der Waals surface area contributed by atoms with E-state index in [1.807, 2.05) is 0 Å². The van der Waals surface area contributed by atoms with Gasteiger partial charge in [-0.25, -0.2) is 16.8 Å². The van der Waals surface area contributed by atoms with Gasteiger partial charge in [0.15, 0.2) is 9.84 Å². The van der Waals surface area contributed by atoms with E-state index < -0.39 is 45.2 Å². The summed E-state index contributed by atoms with van der Waals surface area (Å²) in [4.78, 5) is -0.200. The SMILES string of the molecule is COc1ccc(OC)c(S(=O)(=O)N(C[C@H](O)CO)[C@H]2CCS(=O)(=O)C2)c1. The highest BCUT2D eigenvalue weighted by atomic mass is 32.2. The molecule has 1 aliphatic heterocycles.